The van der Waals surface area contributed by atoms with Crippen LogP contribution in [0.15, 0.2) is 18.3 Å². The highest BCUT2D eigenvalue weighted by molar-refractivity contribution is 7.99. The molecule has 3 rings (SSSR count). The number of ether oxygens (including phenoxy) is 3. The van der Waals surface area contributed by atoms with Crippen LogP contribution in [-0.2, 0) is 19.0 Å². The fourth-order valence-electron chi connectivity index (χ4n) is 3.10. The third-order valence-electron chi connectivity index (χ3n) is 4.33. The van der Waals surface area contributed by atoms with Crippen LogP contribution in [0.2, 0.25) is 0 Å². The third kappa shape index (κ3) is 4.01. The number of carbonyl (C=O) groups is 1. The molecule has 0 radical (unpaired) electrons. The van der Waals surface area contributed by atoms with E-state index in [4.69, 9.17) is 14.2 Å². The van der Waals surface area contributed by atoms with Gasteiger partial charge in [0.15, 0.2) is 23.6 Å². The number of benzene rings is 1. The predicted molar refractivity (Wildman–Crippen MR) is 94.0 cm³/mol. The van der Waals surface area contributed by atoms with Crippen LogP contribution >= 0.6 is 11.8 Å². The van der Waals surface area contributed by atoms with Crippen molar-refractivity contribution >= 4 is 17.7 Å². The van der Waals surface area contributed by atoms with E-state index in [9.17, 15) is 18.0 Å². The molecule has 28 heavy (non-hydrogen) atoms. The maximum Gasteiger partial charge on any atom is 0.303 e. The van der Waals surface area contributed by atoms with Gasteiger partial charge in [-0.05, 0) is 18.4 Å². The smallest absolute Gasteiger partial charge is 0.303 e. The van der Waals surface area contributed by atoms with Gasteiger partial charge in [0.25, 0.3) is 0 Å². The van der Waals surface area contributed by atoms with Crippen molar-refractivity contribution in [1.29, 1.82) is 0 Å². The number of hydrogen-bond acceptors (Lipinski definition) is 7. The topological polar surface area (TPSA) is 75.5 Å². The van der Waals surface area contributed by atoms with Crippen LogP contribution in [0.3, 0.4) is 0 Å². The lowest BCUT2D eigenvalue weighted by atomic mass is 10.0. The largest absolute Gasteiger partial charge is 0.458 e. The van der Waals surface area contributed by atoms with Crippen molar-refractivity contribution < 1.29 is 32.2 Å². The van der Waals surface area contributed by atoms with Crippen LogP contribution in [0.5, 0.6) is 0 Å². The first kappa shape index (κ1) is 20.6. The lowest BCUT2D eigenvalue weighted by Crippen LogP contribution is -2.51. The van der Waals surface area contributed by atoms with Crippen molar-refractivity contribution in [3.63, 3.8) is 0 Å². The van der Waals surface area contributed by atoms with Crippen LogP contribution in [0, 0.1) is 17.5 Å². The third-order valence-corrected chi connectivity index (χ3v) is 5.20. The predicted octanol–water partition coefficient (Wildman–Crippen LogP) is 2.57. The normalized spacial score (nSPS) is 24.9. The van der Waals surface area contributed by atoms with E-state index in [1.54, 1.807) is 0 Å². The Balaban J connectivity index is 1.98. The molecule has 0 aliphatic carbocycles. The highest BCUT2D eigenvalue weighted by atomic mass is 32.2. The second-order valence-corrected chi connectivity index (χ2v) is 7.05. The molecule has 0 saturated carbocycles. The molecule has 0 amide bonds. The summed E-state index contributed by atoms with van der Waals surface area (Å²) in [6, 6.07) is 1.08. The summed E-state index contributed by atoms with van der Waals surface area (Å²) in [6.07, 6.45) is 2.03. The molecule has 7 nitrogen and oxygen atoms in total. The second kappa shape index (κ2) is 8.50. The first-order valence-corrected chi connectivity index (χ1v) is 9.55. The summed E-state index contributed by atoms with van der Waals surface area (Å²) in [5.41, 5.74) is -0.203. The van der Waals surface area contributed by atoms with E-state index in [0.29, 0.717) is 0 Å². The molecular weight excluding hydrogens is 399 g/mol. The summed E-state index contributed by atoms with van der Waals surface area (Å²) in [5.74, 6) is -4.71. The highest BCUT2D eigenvalue weighted by Crippen LogP contribution is 2.34. The zero-order chi connectivity index (χ0) is 20.4. The molecule has 0 unspecified atom stereocenters. The quantitative estimate of drug-likeness (QED) is 0.547. The summed E-state index contributed by atoms with van der Waals surface area (Å²) < 4.78 is 58.3. The first-order chi connectivity index (χ1) is 13.3. The van der Waals surface area contributed by atoms with Gasteiger partial charge in [-0.15, -0.1) is 16.9 Å². The molecule has 2 aromatic rings. The van der Waals surface area contributed by atoms with Crippen molar-refractivity contribution in [2.45, 2.75) is 30.6 Å². The number of methoxy groups -OCH3 is 1. The Bertz CT molecular complexity index is 843. The maximum absolute atomic E-state index is 13.5. The van der Waals surface area contributed by atoms with Gasteiger partial charge in [0.05, 0.1) is 12.8 Å². The fourth-order valence-corrected chi connectivity index (χ4v) is 3.86. The molecule has 4 atom stereocenters. The summed E-state index contributed by atoms with van der Waals surface area (Å²) in [4.78, 5) is 11.5. The van der Waals surface area contributed by atoms with Gasteiger partial charge in [0.2, 0.25) is 0 Å². The Hall–Kier alpha value is -2.11. The monoisotopic (exact) mass is 417 g/mol. The first-order valence-electron chi connectivity index (χ1n) is 8.26. The van der Waals surface area contributed by atoms with Gasteiger partial charge >= 0.3 is 5.97 Å². The van der Waals surface area contributed by atoms with Gasteiger partial charge in [-0.2, -0.15) is 0 Å². The Kier molecular flexibility index (Phi) is 6.26. The molecule has 0 spiro atoms. The van der Waals surface area contributed by atoms with Crippen LogP contribution < -0.4 is 0 Å². The SMILES string of the molecule is CO[C@@H]1[C@@H](n2cc(-c3cc(F)c(F)c(F)c3)nn2)[C@@H](OC(C)=O)CO[C@H]1SC. The molecule has 1 aliphatic heterocycles. The van der Waals surface area contributed by atoms with E-state index in [1.165, 1.54) is 36.7 Å². The van der Waals surface area contributed by atoms with Gasteiger partial charge in [-0.3, -0.25) is 4.79 Å². The van der Waals surface area contributed by atoms with Crippen LogP contribution in [0.25, 0.3) is 11.3 Å². The Morgan fingerprint density at radius 3 is 2.57 bits per heavy atom. The summed E-state index contributed by atoms with van der Waals surface area (Å²) in [6.45, 7) is 1.39. The number of halogens is 3. The van der Waals surface area contributed by atoms with Crippen molar-refractivity contribution in [2.75, 3.05) is 20.0 Å². The van der Waals surface area contributed by atoms with Gasteiger partial charge < -0.3 is 14.2 Å². The Labute approximate surface area is 163 Å². The molecule has 1 aromatic heterocycles. The van der Waals surface area contributed by atoms with E-state index < -0.39 is 41.7 Å². The molecule has 1 aromatic carbocycles. The Morgan fingerprint density at radius 1 is 1.32 bits per heavy atom. The number of nitrogens with zero attached hydrogens (tertiary/aromatic N) is 3. The lowest BCUT2D eigenvalue weighted by molar-refractivity contribution is -0.175. The van der Waals surface area contributed by atoms with Crippen molar-refractivity contribution in [2.24, 2.45) is 0 Å². The maximum atomic E-state index is 13.5. The number of thioether (sulfide) groups is 1. The molecule has 11 heteroatoms. The highest BCUT2D eigenvalue weighted by Gasteiger charge is 2.44. The molecule has 1 saturated heterocycles. The summed E-state index contributed by atoms with van der Waals surface area (Å²) >= 11 is 1.42. The van der Waals surface area contributed by atoms with E-state index in [2.05, 4.69) is 10.3 Å². The summed E-state index contributed by atoms with van der Waals surface area (Å²) in [5, 5.41) is 7.93. The van der Waals surface area contributed by atoms with E-state index in [1.807, 2.05) is 6.26 Å². The van der Waals surface area contributed by atoms with Gasteiger partial charge in [0.1, 0.15) is 23.3 Å². The average molecular weight is 417 g/mol. The van der Waals surface area contributed by atoms with E-state index >= 15 is 0 Å². The van der Waals surface area contributed by atoms with Crippen LogP contribution in [0.4, 0.5) is 13.2 Å². The number of hydrogen-bond donors (Lipinski definition) is 0. The van der Waals surface area contributed by atoms with Crippen molar-refractivity contribution in [3.8, 4) is 11.3 Å². The Morgan fingerprint density at radius 2 is 2.00 bits per heavy atom. The molecular formula is C17H18F3N3O4S. The van der Waals surface area contributed by atoms with Gasteiger partial charge in [0, 0.05) is 19.6 Å². The molecule has 1 fully saturated rings. The molecule has 0 bridgehead atoms. The molecule has 0 N–H and O–H groups in total. The zero-order valence-corrected chi connectivity index (χ0v) is 16.1. The lowest BCUT2D eigenvalue weighted by Gasteiger charge is -2.40. The summed E-state index contributed by atoms with van der Waals surface area (Å²) in [7, 11) is 1.49. The van der Waals surface area contributed by atoms with Crippen molar-refractivity contribution in [1.82, 2.24) is 15.0 Å². The number of esters is 1. The molecule has 1 aliphatic rings. The number of aromatic nitrogens is 3. The van der Waals surface area contributed by atoms with Crippen LogP contribution in [0.1, 0.15) is 13.0 Å². The average Bonchev–Trinajstić information content (AvgIpc) is 3.14. The minimum Gasteiger partial charge on any atom is -0.458 e. The molecule has 2 heterocycles. The number of carbonyl (C=O) groups excluding carboxylic acids is 1. The van der Waals surface area contributed by atoms with Gasteiger partial charge in [-0.1, -0.05) is 5.21 Å². The zero-order valence-electron chi connectivity index (χ0n) is 15.3. The minimum atomic E-state index is -1.56. The van der Waals surface area contributed by atoms with Crippen molar-refractivity contribution in [3.05, 3.63) is 35.8 Å². The van der Waals surface area contributed by atoms with E-state index in [-0.39, 0.29) is 23.3 Å². The molecule has 152 valence electrons. The minimum absolute atomic E-state index is 0.0223. The van der Waals surface area contributed by atoms with Crippen LogP contribution in [-0.4, -0.2) is 58.6 Å². The van der Waals surface area contributed by atoms with E-state index in [0.717, 1.165) is 12.1 Å². The standard InChI is InChI=1S/C17H18F3N3O4S/c1-8(24)27-13-7-26-17(28-3)16(25-2)15(13)23-6-12(21-22-23)9-4-10(18)14(20)11(19)5-9/h4-6,13,15-17H,7H2,1-3H3/t13-,15-,16+,17-/m0/s1. The second-order valence-electron chi connectivity index (χ2n) is 6.11. The number of rotatable bonds is 5. The van der Waals surface area contributed by atoms with Gasteiger partial charge in [-0.25, -0.2) is 17.9 Å². The fraction of sp³-hybridized carbons (Fsp3) is 0.471.